The van der Waals surface area contributed by atoms with Crippen molar-refractivity contribution >= 4 is 17.5 Å². The van der Waals surface area contributed by atoms with E-state index in [4.69, 9.17) is 4.74 Å². The van der Waals surface area contributed by atoms with Gasteiger partial charge in [0.2, 0.25) is 5.91 Å². The van der Waals surface area contributed by atoms with Gasteiger partial charge in [0, 0.05) is 43.2 Å². The van der Waals surface area contributed by atoms with Gasteiger partial charge in [-0.1, -0.05) is 58.2 Å². The number of hydrogen-bond acceptors (Lipinski definition) is 6. The molecule has 38 heavy (non-hydrogen) atoms. The average molecular weight is 518 g/mol. The Hall–Kier alpha value is -3.44. The molecular formula is C30H39N5O3. The zero-order valence-corrected chi connectivity index (χ0v) is 22.9. The van der Waals surface area contributed by atoms with Gasteiger partial charge in [-0.05, 0) is 42.0 Å². The summed E-state index contributed by atoms with van der Waals surface area (Å²) < 4.78 is 5.50. The number of benzene rings is 1. The first-order chi connectivity index (χ1) is 18.2. The normalized spacial score (nSPS) is 21.0. The number of nitriles is 1. The van der Waals surface area contributed by atoms with Crippen LogP contribution in [0.4, 0.5) is 5.69 Å². The van der Waals surface area contributed by atoms with E-state index < -0.39 is 12.1 Å². The van der Waals surface area contributed by atoms with Crippen LogP contribution in [0.1, 0.15) is 76.5 Å². The summed E-state index contributed by atoms with van der Waals surface area (Å²) in [5.41, 5.74) is 2.29. The van der Waals surface area contributed by atoms with E-state index in [2.05, 4.69) is 37.3 Å². The second kappa shape index (κ2) is 12.0. The Bertz CT molecular complexity index is 1130. The molecule has 8 nitrogen and oxygen atoms in total. The predicted molar refractivity (Wildman–Crippen MR) is 146 cm³/mol. The van der Waals surface area contributed by atoms with Crippen molar-refractivity contribution in [2.24, 2.45) is 0 Å². The minimum Gasteiger partial charge on any atom is -0.379 e. The molecule has 1 aliphatic carbocycles. The Balaban J connectivity index is 1.78. The largest absolute Gasteiger partial charge is 0.379 e. The third-order valence-corrected chi connectivity index (χ3v) is 7.72. The molecule has 1 aromatic heterocycles. The lowest BCUT2D eigenvalue weighted by molar-refractivity contribution is -0.128. The number of anilines is 1. The van der Waals surface area contributed by atoms with Crippen molar-refractivity contribution in [1.29, 1.82) is 5.26 Å². The van der Waals surface area contributed by atoms with Gasteiger partial charge in [0.25, 0.3) is 5.91 Å². The molecule has 2 heterocycles. The zero-order valence-electron chi connectivity index (χ0n) is 22.9. The summed E-state index contributed by atoms with van der Waals surface area (Å²) in [6, 6.07) is 9.83. The van der Waals surface area contributed by atoms with E-state index in [0.717, 1.165) is 31.2 Å². The molecule has 0 bridgehead atoms. The van der Waals surface area contributed by atoms with E-state index in [1.807, 2.05) is 30.3 Å². The highest BCUT2D eigenvalue weighted by Gasteiger charge is 2.43. The van der Waals surface area contributed by atoms with E-state index in [1.54, 1.807) is 30.5 Å². The summed E-state index contributed by atoms with van der Waals surface area (Å²) >= 11 is 0. The Kier molecular flexibility index (Phi) is 8.68. The molecule has 3 atom stereocenters. The average Bonchev–Trinajstić information content (AvgIpc) is 3.36. The van der Waals surface area contributed by atoms with Gasteiger partial charge in [-0.25, -0.2) is 0 Å². The number of likely N-dealkylation sites (tertiary alicyclic amines) is 1. The maximum Gasteiger partial charge on any atom is 0.251 e. The standard InChI is InChI=1S/C30H39N5O3/c1-30(2,3)22-12-14-24(15-13-22)35(29(37)26-17-25(38-4)19-34(26)20-31)27(21-9-8-16-32-18-21)28(36)33-23-10-6-5-7-11-23/h8-9,12-16,18,23,25-27H,5-7,10-11,17,19H2,1-4H3,(H,33,36)/t25-,26+,27?/m0/s1. The van der Waals surface area contributed by atoms with Crippen molar-refractivity contribution in [1.82, 2.24) is 15.2 Å². The van der Waals surface area contributed by atoms with E-state index in [9.17, 15) is 14.9 Å². The topological polar surface area (TPSA) is 98.6 Å². The van der Waals surface area contributed by atoms with Crippen LogP contribution in [0.5, 0.6) is 0 Å². The highest BCUT2D eigenvalue weighted by Crippen LogP contribution is 2.34. The number of nitrogens with one attached hydrogen (secondary N) is 1. The van der Waals surface area contributed by atoms with Crippen LogP contribution in [-0.2, 0) is 19.7 Å². The lowest BCUT2D eigenvalue weighted by Crippen LogP contribution is -2.51. The molecule has 2 aliphatic rings. The number of methoxy groups -OCH3 is 1. The molecule has 1 saturated carbocycles. The molecule has 2 amide bonds. The first-order valence-corrected chi connectivity index (χ1v) is 13.6. The minimum absolute atomic E-state index is 0.0662. The summed E-state index contributed by atoms with van der Waals surface area (Å²) in [7, 11) is 1.59. The van der Waals surface area contributed by atoms with Crippen LogP contribution in [0.15, 0.2) is 48.8 Å². The van der Waals surface area contributed by atoms with Crippen LogP contribution in [-0.4, -0.2) is 53.5 Å². The number of amides is 2. The number of hydrogen-bond donors (Lipinski definition) is 1. The SMILES string of the molecule is CO[C@H]1C[C@H](C(=O)N(c2ccc(C(C)(C)C)cc2)C(C(=O)NC2CCCCC2)c2cccnc2)N(C#N)C1. The third kappa shape index (κ3) is 6.16. The fraction of sp³-hybridized carbons (Fsp3) is 0.533. The van der Waals surface area contributed by atoms with Crippen LogP contribution >= 0.6 is 0 Å². The summed E-state index contributed by atoms with van der Waals surface area (Å²) in [6.07, 6.45) is 10.8. The number of carbonyl (C=O) groups excluding carboxylic acids is 2. The van der Waals surface area contributed by atoms with Crippen molar-refractivity contribution in [3.63, 3.8) is 0 Å². The highest BCUT2D eigenvalue weighted by molar-refractivity contribution is 6.04. The molecule has 2 aromatic rings. The Morgan fingerprint density at radius 1 is 1.16 bits per heavy atom. The number of aromatic nitrogens is 1. The summed E-state index contributed by atoms with van der Waals surface area (Å²) in [5, 5.41) is 13.0. The van der Waals surface area contributed by atoms with Gasteiger partial charge in [0.05, 0.1) is 12.6 Å². The lowest BCUT2D eigenvalue weighted by atomic mass is 9.87. The second-order valence-corrected chi connectivity index (χ2v) is 11.4. The summed E-state index contributed by atoms with van der Waals surface area (Å²) in [4.78, 5) is 35.7. The van der Waals surface area contributed by atoms with Crippen LogP contribution in [0.2, 0.25) is 0 Å². The number of ether oxygens (including phenoxy) is 1. The maximum absolute atomic E-state index is 14.3. The molecule has 1 aromatic carbocycles. The maximum atomic E-state index is 14.3. The molecule has 202 valence electrons. The lowest BCUT2D eigenvalue weighted by Gasteiger charge is -2.35. The Morgan fingerprint density at radius 3 is 2.45 bits per heavy atom. The summed E-state index contributed by atoms with van der Waals surface area (Å²) in [5.74, 6) is -0.537. The molecule has 2 fully saturated rings. The van der Waals surface area contributed by atoms with Crippen molar-refractivity contribution in [3.05, 3.63) is 59.9 Å². The van der Waals surface area contributed by atoms with Gasteiger partial charge in [0.1, 0.15) is 12.1 Å². The van der Waals surface area contributed by atoms with Crippen LogP contribution < -0.4 is 10.2 Å². The minimum atomic E-state index is -0.930. The molecule has 4 rings (SSSR count). The van der Waals surface area contributed by atoms with Crippen LogP contribution in [0.3, 0.4) is 0 Å². The van der Waals surface area contributed by atoms with E-state index in [-0.39, 0.29) is 29.4 Å². The predicted octanol–water partition coefficient (Wildman–Crippen LogP) is 4.47. The highest BCUT2D eigenvalue weighted by atomic mass is 16.5. The van der Waals surface area contributed by atoms with Gasteiger partial charge in [-0.15, -0.1) is 0 Å². The third-order valence-electron chi connectivity index (χ3n) is 7.72. The monoisotopic (exact) mass is 517 g/mol. The van der Waals surface area contributed by atoms with Crippen molar-refractivity contribution in [2.45, 2.75) is 88.9 Å². The van der Waals surface area contributed by atoms with Crippen molar-refractivity contribution in [2.75, 3.05) is 18.6 Å². The number of pyridine rings is 1. The number of carbonyl (C=O) groups is 2. The molecule has 8 heteroatoms. The van der Waals surface area contributed by atoms with Gasteiger partial charge < -0.3 is 10.1 Å². The van der Waals surface area contributed by atoms with Gasteiger partial charge >= 0.3 is 0 Å². The molecule has 1 saturated heterocycles. The van der Waals surface area contributed by atoms with Crippen LogP contribution in [0.25, 0.3) is 0 Å². The quantitative estimate of drug-likeness (QED) is 0.544. The molecule has 0 spiro atoms. The molecule has 1 N–H and O–H groups in total. The van der Waals surface area contributed by atoms with E-state index in [1.165, 1.54) is 11.3 Å². The van der Waals surface area contributed by atoms with Gasteiger partial charge in [0.15, 0.2) is 6.19 Å². The molecule has 1 aliphatic heterocycles. The Labute approximate surface area is 226 Å². The smallest absolute Gasteiger partial charge is 0.251 e. The number of rotatable bonds is 7. The van der Waals surface area contributed by atoms with E-state index in [0.29, 0.717) is 24.2 Å². The molecular weight excluding hydrogens is 478 g/mol. The Morgan fingerprint density at radius 2 is 1.87 bits per heavy atom. The van der Waals surface area contributed by atoms with Crippen LogP contribution in [0, 0.1) is 11.5 Å². The van der Waals surface area contributed by atoms with Crippen molar-refractivity contribution in [3.8, 4) is 6.19 Å². The first kappa shape index (κ1) is 27.6. The molecule has 0 radical (unpaired) electrons. The zero-order chi connectivity index (χ0) is 27.3. The number of nitrogens with zero attached hydrogens (tertiary/aromatic N) is 4. The fourth-order valence-corrected chi connectivity index (χ4v) is 5.48. The van der Waals surface area contributed by atoms with Crippen molar-refractivity contribution < 1.29 is 14.3 Å². The second-order valence-electron chi connectivity index (χ2n) is 11.4. The van der Waals surface area contributed by atoms with Gasteiger partial charge in [-0.2, -0.15) is 5.26 Å². The van der Waals surface area contributed by atoms with Gasteiger partial charge in [-0.3, -0.25) is 24.4 Å². The first-order valence-electron chi connectivity index (χ1n) is 13.6. The van der Waals surface area contributed by atoms with E-state index >= 15 is 0 Å². The fourth-order valence-electron chi connectivity index (χ4n) is 5.48. The summed E-state index contributed by atoms with van der Waals surface area (Å²) in [6.45, 7) is 6.74. The molecule has 1 unspecified atom stereocenters.